The van der Waals surface area contributed by atoms with Gasteiger partial charge in [-0.2, -0.15) is 0 Å². The first-order valence-corrected chi connectivity index (χ1v) is 9.27. The molecule has 0 bridgehead atoms. The maximum atomic E-state index is 2.34. The molecular formula is C2H8SiZr. The van der Waals surface area contributed by atoms with Gasteiger partial charge in [0, 0.05) is 0 Å². The van der Waals surface area contributed by atoms with E-state index in [1.54, 1.807) is 0 Å². The fourth-order valence-corrected chi connectivity index (χ4v) is 0. The van der Waals surface area contributed by atoms with Crippen LogP contribution in [0.25, 0.3) is 0 Å². The SMILES string of the molecule is C[Si](C)=[ZrH2]. The molecule has 0 aliphatic rings. The molecule has 0 N–H and O–H groups in total. The van der Waals surface area contributed by atoms with E-state index in [1.807, 2.05) is 0 Å². The van der Waals surface area contributed by atoms with E-state index in [0.29, 0.717) is 5.43 Å². The molecule has 4 heavy (non-hydrogen) atoms. The van der Waals surface area contributed by atoms with Gasteiger partial charge < -0.3 is 0 Å². The van der Waals surface area contributed by atoms with Crippen molar-refractivity contribution in [1.82, 2.24) is 0 Å². The van der Waals surface area contributed by atoms with Crippen LogP contribution in [0.1, 0.15) is 0 Å². The van der Waals surface area contributed by atoms with Crippen LogP contribution in [0.2, 0.25) is 13.1 Å². The molecule has 24 valence electrons. The van der Waals surface area contributed by atoms with Crippen LogP contribution in [-0.4, -0.2) is 5.43 Å². The Morgan fingerprint density at radius 2 is 1.50 bits per heavy atom. The topological polar surface area (TPSA) is 0 Å². The Labute approximate surface area is 42.0 Å². The summed E-state index contributed by atoms with van der Waals surface area (Å²) in [6.45, 7) is 4.69. The molecule has 0 atom stereocenters. The second kappa shape index (κ2) is 2.34. The summed E-state index contributed by atoms with van der Waals surface area (Å²) in [7, 11) is 0. The number of hydrogen-bond donors (Lipinski definition) is 0. The van der Waals surface area contributed by atoms with Gasteiger partial charge in [0.1, 0.15) is 0 Å². The first-order chi connectivity index (χ1) is 1.73. The summed E-state index contributed by atoms with van der Waals surface area (Å²) in [6.07, 6.45) is 0. The fourth-order valence-electron chi connectivity index (χ4n) is 0. The predicted molar refractivity (Wildman–Crippen MR) is 20.3 cm³/mol. The van der Waals surface area contributed by atoms with E-state index >= 15 is 0 Å². The van der Waals surface area contributed by atoms with E-state index in [-0.39, 0.29) is 0 Å². The average Bonchev–Trinajstić information content (AvgIpc) is 0.811. The zero-order chi connectivity index (χ0) is 3.58. The summed E-state index contributed by atoms with van der Waals surface area (Å²) in [5.74, 6) is 0. The number of hydrogen-bond acceptors (Lipinski definition) is 0. The third kappa shape index (κ3) is 11.3. The van der Waals surface area contributed by atoms with E-state index in [0.717, 1.165) is 0 Å². The Balaban J connectivity index is 2.80. The van der Waals surface area contributed by atoms with Gasteiger partial charge >= 0.3 is 41.9 Å². The van der Waals surface area contributed by atoms with Crippen molar-refractivity contribution in [2.75, 3.05) is 0 Å². The van der Waals surface area contributed by atoms with E-state index in [1.165, 1.54) is 23.3 Å². The van der Waals surface area contributed by atoms with Gasteiger partial charge in [-0.1, -0.05) is 0 Å². The Morgan fingerprint density at radius 3 is 1.50 bits per heavy atom. The van der Waals surface area contributed by atoms with Gasteiger partial charge in [0.05, 0.1) is 0 Å². The van der Waals surface area contributed by atoms with Gasteiger partial charge in [0.15, 0.2) is 0 Å². The molecule has 0 saturated carbocycles. The molecule has 0 heterocycles. The quantitative estimate of drug-likeness (QED) is 0.435. The Kier molecular flexibility index (Phi) is 2.99. The van der Waals surface area contributed by atoms with Crippen LogP contribution in [-0.2, 0) is 23.3 Å². The summed E-state index contributed by atoms with van der Waals surface area (Å²) in [4.78, 5) is 0. The predicted octanol–water partition coefficient (Wildman–Crippen LogP) is 0.249. The molecule has 0 aliphatic carbocycles. The summed E-state index contributed by atoms with van der Waals surface area (Å²) in [6, 6.07) is 0. The van der Waals surface area contributed by atoms with Crippen molar-refractivity contribution in [3.8, 4) is 0 Å². The Hall–Kier alpha value is 1.10. The second-order valence-electron chi connectivity index (χ2n) is 1.21. The van der Waals surface area contributed by atoms with Crippen molar-refractivity contribution in [3.05, 3.63) is 0 Å². The standard InChI is InChI=1S/C2H6Si.Zr.2H/c1-3-2;;;/h1-2H3;;;. The summed E-state index contributed by atoms with van der Waals surface area (Å²) in [5.41, 5.74) is 0.290. The molecule has 0 aliphatic heterocycles. The van der Waals surface area contributed by atoms with Gasteiger partial charge in [-0.3, -0.25) is 0 Å². The number of rotatable bonds is 0. The van der Waals surface area contributed by atoms with E-state index in [4.69, 9.17) is 0 Å². The molecule has 0 aromatic rings. The molecule has 0 nitrogen and oxygen atoms in total. The normalized spacial score (nSPS) is 6.50. The van der Waals surface area contributed by atoms with Crippen LogP contribution in [0.5, 0.6) is 0 Å². The molecule has 0 radical (unpaired) electrons. The Morgan fingerprint density at radius 1 is 1.50 bits per heavy atom. The van der Waals surface area contributed by atoms with Gasteiger partial charge in [0.25, 0.3) is 0 Å². The second-order valence-corrected chi connectivity index (χ2v) is 14.0. The molecule has 0 aromatic heterocycles. The maximum absolute atomic E-state index is 2.34. The van der Waals surface area contributed by atoms with Crippen LogP contribution >= 0.6 is 0 Å². The zero-order valence-corrected chi connectivity index (χ0v) is 7.68. The Bertz CT molecular complexity index is 29.0. The van der Waals surface area contributed by atoms with Crippen LogP contribution < -0.4 is 0 Å². The third-order valence-electron chi connectivity index (χ3n) is 0. The van der Waals surface area contributed by atoms with Crippen LogP contribution in [0.3, 0.4) is 0 Å². The molecule has 0 saturated heterocycles. The first-order valence-electron chi connectivity index (χ1n) is 1.35. The molecule has 0 rings (SSSR count). The minimum atomic E-state index is 0.290. The van der Waals surface area contributed by atoms with Crippen molar-refractivity contribution < 1.29 is 23.3 Å². The monoisotopic (exact) mass is 150 g/mol. The van der Waals surface area contributed by atoms with Gasteiger partial charge in [-0.15, -0.1) is 0 Å². The molecule has 0 aromatic carbocycles. The molecular weight excluding hydrogens is 143 g/mol. The first kappa shape index (κ1) is 5.10. The van der Waals surface area contributed by atoms with Crippen molar-refractivity contribution in [3.63, 3.8) is 0 Å². The summed E-state index contributed by atoms with van der Waals surface area (Å²) >= 11 is 1.27. The third-order valence-corrected chi connectivity index (χ3v) is 0. The fraction of sp³-hybridized carbons (Fsp3) is 1.00. The molecule has 0 unspecified atom stereocenters. The zero-order valence-electron chi connectivity index (χ0n) is 3.21. The molecule has 2 heteroatoms. The summed E-state index contributed by atoms with van der Waals surface area (Å²) in [5, 5.41) is 0. The van der Waals surface area contributed by atoms with Crippen molar-refractivity contribution in [1.29, 1.82) is 0 Å². The van der Waals surface area contributed by atoms with Crippen molar-refractivity contribution in [2.24, 2.45) is 0 Å². The van der Waals surface area contributed by atoms with Crippen molar-refractivity contribution in [2.45, 2.75) is 13.1 Å². The van der Waals surface area contributed by atoms with E-state index < -0.39 is 0 Å². The van der Waals surface area contributed by atoms with Crippen LogP contribution in [0, 0.1) is 0 Å². The van der Waals surface area contributed by atoms with Gasteiger partial charge in [-0.05, 0) is 0 Å². The van der Waals surface area contributed by atoms with Gasteiger partial charge in [-0.25, -0.2) is 0 Å². The summed E-state index contributed by atoms with van der Waals surface area (Å²) < 4.78 is 0. The average molecular weight is 151 g/mol. The van der Waals surface area contributed by atoms with E-state index in [2.05, 4.69) is 13.1 Å². The molecule has 0 amide bonds. The minimum absolute atomic E-state index is 0.290. The van der Waals surface area contributed by atoms with Crippen LogP contribution in [0.15, 0.2) is 0 Å². The van der Waals surface area contributed by atoms with Crippen molar-refractivity contribution >= 4 is 5.43 Å². The van der Waals surface area contributed by atoms with E-state index in [9.17, 15) is 0 Å². The molecule has 0 spiro atoms. The van der Waals surface area contributed by atoms with Gasteiger partial charge in [0.2, 0.25) is 0 Å². The molecule has 0 fully saturated rings. The van der Waals surface area contributed by atoms with Crippen LogP contribution in [0.4, 0.5) is 0 Å².